The molecule has 158 valence electrons. The van der Waals surface area contributed by atoms with Gasteiger partial charge < -0.3 is 10.1 Å². The average Bonchev–Trinajstić information content (AvgIpc) is 2.76. The minimum atomic E-state index is -0.910. The van der Waals surface area contributed by atoms with E-state index in [1.54, 1.807) is 42.5 Å². The van der Waals surface area contributed by atoms with Crippen LogP contribution in [0.3, 0.4) is 0 Å². The molecule has 31 heavy (non-hydrogen) atoms. The predicted molar refractivity (Wildman–Crippen MR) is 123 cm³/mol. The second-order valence-electron chi connectivity index (χ2n) is 6.57. The Hall–Kier alpha value is -3.35. The zero-order chi connectivity index (χ0) is 22.2. The van der Waals surface area contributed by atoms with E-state index in [4.69, 9.17) is 27.9 Å². The minimum absolute atomic E-state index is 0.343. The summed E-state index contributed by atoms with van der Waals surface area (Å²) in [6, 6.07) is 19.5. The van der Waals surface area contributed by atoms with Crippen LogP contribution in [-0.2, 0) is 16.2 Å². The van der Waals surface area contributed by atoms with Crippen LogP contribution in [0.2, 0.25) is 10.0 Å². The Kier molecular flexibility index (Phi) is 7.65. The van der Waals surface area contributed by atoms with Gasteiger partial charge in [-0.3, -0.25) is 9.59 Å². The largest absolute Gasteiger partial charge is 0.488 e. The molecule has 0 spiro atoms. The summed E-state index contributed by atoms with van der Waals surface area (Å²) in [5.74, 6) is -1.19. The number of carbonyl (C=O) groups is 2. The van der Waals surface area contributed by atoms with Gasteiger partial charge in [0.05, 0.1) is 6.21 Å². The lowest BCUT2D eigenvalue weighted by atomic mass is 10.2. The highest BCUT2D eigenvalue weighted by Gasteiger charge is 2.13. The molecule has 2 N–H and O–H groups in total. The monoisotopic (exact) mass is 455 g/mol. The van der Waals surface area contributed by atoms with Gasteiger partial charge in [0.2, 0.25) is 0 Å². The first-order valence-electron chi connectivity index (χ1n) is 9.29. The van der Waals surface area contributed by atoms with Gasteiger partial charge in [-0.05, 0) is 54.4 Å². The number of para-hydroxylation sites is 1. The Labute approximate surface area is 189 Å². The smallest absolute Gasteiger partial charge is 0.329 e. The maximum Gasteiger partial charge on any atom is 0.329 e. The molecule has 0 saturated carbocycles. The molecule has 0 aliphatic rings. The van der Waals surface area contributed by atoms with E-state index in [9.17, 15) is 9.59 Å². The molecule has 2 amide bonds. The molecule has 6 nitrogen and oxygen atoms in total. The zero-order valence-electron chi connectivity index (χ0n) is 16.6. The lowest BCUT2D eigenvalue weighted by Gasteiger charge is -2.09. The van der Waals surface area contributed by atoms with Crippen molar-refractivity contribution >= 4 is 46.9 Å². The van der Waals surface area contributed by atoms with Crippen molar-refractivity contribution in [2.45, 2.75) is 13.5 Å². The van der Waals surface area contributed by atoms with Crippen LogP contribution < -0.4 is 15.5 Å². The summed E-state index contributed by atoms with van der Waals surface area (Å²) >= 11 is 11.9. The van der Waals surface area contributed by atoms with E-state index in [1.165, 1.54) is 6.21 Å². The molecule has 0 saturated heterocycles. The highest BCUT2D eigenvalue weighted by Crippen LogP contribution is 2.20. The molecule has 3 aromatic carbocycles. The maximum absolute atomic E-state index is 12.0. The molecule has 0 heterocycles. The van der Waals surface area contributed by atoms with E-state index in [0.29, 0.717) is 33.7 Å². The number of aryl methyl sites for hydroxylation is 1. The van der Waals surface area contributed by atoms with Crippen LogP contribution in [0.25, 0.3) is 0 Å². The quantitative estimate of drug-likeness (QED) is 0.312. The molecule has 0 atom stereocenters. The predicted octanol–water partition coefficient (Wildman–Crippen LogP) is 4.97. The number of hydrazone groups is 1. The average molecular weight is 456 g/mol. The van der Waals surface area contributed by atoms with Gasteiger partial charge in [-0.2, -0.15) is 5.10 Å². The molecule has 0 aliphatic carbocycles. The fourth-order valence-corrected chi connectivity index (χ4v) is 2.84. The summed E-state index contributed by atoms with van der Waals surface area (Å²) in [6.07, 6.45) is 1.41. The summed E-state index contributed by atoms with van der Waals surface area (Å²) in [5, 5.41) is 7.47. The molecule has 8 heteroatoms. The lowest BCUT2D eigenvalue weighted by molar-refractivity contribution is -0.136. The van der Waals surface area contributed by atoms with Crippen molar-refractivity contribution in [1.29, 1.82) is 0 Å². The fourth-order valence-electron chi connectivity index (χ4n) is 2.53. The van der Waals surface area contributed by atoms with Gasteiger partial charge in [-0.1, -0.05) is 53.5 Å². The topological polar surface area (TPSA) is 79.8 Å². The first-order valence-corrected chi connectivity index (χ1v) is 10.0. The van der Waals surface area contributed by atoms with Crippen LogP contribution in [0.1, 0.15) is 16.7 Å². The van der Waals surface area contributed by atoms with Crippen molar-refractivity contribution in [1.82, 2.24) is 5.43 Å². The highest BCUT2D eigenvalue weighted by molar-refractivity contribution is 6.39. The van der Waals surface area contributed by atoms with Gasteiger partial charge in [-0.25, -0.2) is 5.43 Å². The molecular formula is C23H19Cl2N3O3. The third kappa shape index (κ3) is 6.57. The van der Waals surface area contributed by atoms with E-state index >= 15 is 0 Å². The van der Waals surface area contributed by atoms with Crippen LogP contribution >= 0.6 is 23.2 Å². The molecule has 0 fully saturated rings. The van der Waals surface area contributed by atoms with E-state index in [1.807, 2.05) is 31.2 Å². The molecular weight excluding hydrogens is 437 g/mol. The Morgan fingerprint density at radius 1 is 1.00 bits per heavy atom. The maximum atomic E-state index is 12.0. The van der Waals surface area contributed by atoms with Crippen molar-refractivity contribution < 1.29 is 14.3 Å². The summed E-state index contributed by atoms with van der Waals surface area (Å²) < 4.78 is 5.83. The fraction of sp³-hybridized carbons (Fsp3) is 0.0870. The zero-order valence-corrected chi connectivity index (χ0v) is 18.1. The summed E-state index contributed by atoms with van der Waals surface area (Å²) in [6.45, 7) is 2.18. The molecule has 0 bridgehead atoms. The number of amides is 2. The summed E-state index contributed by atoms with van der Waals surface area (Å²) in [4.78, 5) is 24.0. The van der Waals surface area contributed by atoms with Crippen molar-refractivity contribution in [2.75, 3.05) is 5.32 Å². The van der Waals surface area contributed by atoms with Crippen LogP contribution in [0.4, 0.5) is 5.69 Å². The van der Waals surface area contributed by atoms with Gasteiger partial charge in [0.1, 0.15) is 12.4 Å². The Morgan fingerprint density at radius 3 is 2.48 bits per heavy atom. The second-order valence-corrected chi connectivity index (χ2v) is 7.41. The number of nitrogens with zero attached hydrogens (tertiary/aromatic N) is 1. The van der Waals surface area contributed by atoms with Crippen molar-refractivity contribution in [3.63, 3.8) is 0 Å². The van der Waals surface area contributed by atoms with Gasteiger partial charge in [0.25, 0.3) is 0 Å². The van der Waals surface area contributed by atoms with Gasteiger partial charge >= 0.3 is 11.8 Å². The number of ether oxygens (including phenoxy) is 1. The van der Waals surface area contributed by atoms with E-state index in [0.717, 1.165) is 11.1 Å². The molecule has 0 radical (unpaired) electrons. The lowest BCUT2D eigenvalue weighted by Crippen LogP contribution is -2.32. The SMILES string of the molecule is Cc1ccc(NC(=O)C(=O)N/N=C\c2ccccc2OCc2ccc(Cl)cc2)cc1Cl. The molecule has 0 aliphatic heterocycles. The van der Waals surface area contributed by atoms with Crippen LogP contribution in [0.15, 0.2) is 71.8 Å². The van der Waals surface area contributed by atoms with Gasteiger partial charge in [0.15, 0.2) is 0 Å². The van der Waals surface area contributed by atoms with Gasteiger partial charge in [-0.15, -0.1) is 0 Å². The van der Waals surface area contributed by atoms with Gasteiger partial charge in [0, 0.05) is 21.3 Å². The van der Waals surface area contributed by atoms with Crippen LogP contribution in [0, 0.1) is 6.92 Å². The number of halogens is 2. The summed E-state index contributed by atoms with van der Waals surface area (Å²) in [7, 11) is 0. The first kappa shape index (κ1) is 22.3. The van der Waals surface area contributed by atoms with Crippen molar-refractivity contribution in [3.05, 3.63) is 93.5 Å². The highest BCUT2D eigenvalue weighted by atomic mass is 35.5. The van der Waals surface area contributed by atoms with Crippen molar-refractivity contribution in [3.8, 4) is 5.75 Å². The Morgan fingerprint density at radius 2 is 1.74 bits per heavy atom. The third-order valence-corrected chi connectivity index (χ3v) is 4.89. The molecule has 3 rings (SSSR count). The van der Waals surface area contributed by atoms with E-state index < -0.39 is 11.8 Å². The molecule has 0 unspecified atom stereocenters. The minimum Gasteiger partial charge on any atom is -0.488 e. The second kappa shape index (κ2) is 10.6. The first-order chi connectivity index (χ1) is 14.9. The summed E-state index contributed by atoms with van der Waals surface area (Å²) in [5.41, 5.74) is 5.08. The third-order valence-electron chi connectivity index (χ3n) is 4.23. The Bertz CT molecular complexity index is 1120. The Balaban J connectivity index is 1.57. The van der Waals surface area contributed by atoms with E-state index in [2.05, 4.69) is 15.8 Å². The number of carbonyl (C=O) groups excluding carboxylic acids is 2. The number of anilines is 1. The number of rotatable bonds is 6. The number of nitrogens with one attached hydrogen (secondary N) is 2. The number of hydrogen-bond acceptors (Lipinski definition) is 4. The van der Waals surface area contributed by atoms with Crippen LogP contribution in [0.5, 0.6) is 5.75 Å². The van der Waals surface area contributed by atoms with Crippen molar-refractivity contribution in [2.24, 2.45) is 5.10 Å². The molecule has 0 aromatic heterocycles. The van der Waals surface area contributed by atoms with Crippen LogP contribution in [-0.4, -0.2) is 18.0 Å². The normalized spacial score (nSPS) is 10.7. The molecule has 3 aromatic rings. The standard InChI is InChI=1S/C23H19Cl2N3O3/c1-15-6-11-19(12-20(15)25)27-22(29)23(30)28-26-13-17-4-2-3-5-21(17)31-14-16-7-9-18(24)10-8-16/h2-13H,14H2,1H3,(H,27,29)(H,28,30)/b26-13-. The van der Waals surface area contributed by atoms with E-state index in [-0.39, 0.29) is 0 Å². The number of hydrogen-bond donors (Lipinski definition) is 2. The number of benzene rings is 3.